The Morgan fingerprint density at radius 3 is 2.96 bits per heavy atom. The van der Waals surface area contributed by atoms with E-state index < -0.39 is 0 Å². The SMILES string of the molecule is CN1CCC[C@H]1COc1nc2cccnc2nc1C#Cc1cccc(F)c1. The molecule has 0 bridgehead atoms. The second-order valence-corrected chi connectivity index (χ2v) is 6.57. The van der Waals surface area contributed by atoms with Gasteiger partial charge in [-0.2, -0.15) is 0 Å². The Balaban J connectivity index is 1.66. The topological polar surface area (TPSA) is 51.1 Å². The number of benzene rings is 1. The Bertz CT molecular complexity index is 1030. The van der Waals surface area contributed by atoms with Crippen molar-refractivity contribution in [3.63, 3.8) is 0 Å². The van der Waals surface area contributed by atoms with Gasteiger partial charge in [-0.3, -0.25) is 0 Å². The van der Waals surface area contributed by atoms with Gasteiger partial charge in [-0.1, -0.05) is 12.0 Å². The molecule has 136 valence electrons. The lowest BCUT2D eigenvalue weighted by Gasteiger charge is -2.19. The van der Waals surface area contributed by atoms with E-state index in [9.17, 15) is 4.39 Å². The average Bonchev–Trinajstić information content (AvgIpc) is 3.09. The molecule has 27 heavy (non-hydrogen) atoms. The van der Waals surface area contributed by atoms with Gasteiger partial charge in [-0.25, -0.2) is 19.3 Å². The van der Waals surface area contributed by atoms with Crippen molar-refractivity contribution in [3.05, 3.63) is 59.7 Å². The minimum Gasteiger partial charge on any atom is -0.474 e. The van der Waals surface area contributed by atoms with E-state index in [1.54, 1.807) is 18.3 Å². The summed E-state index contributed by atoms with van der Waals surface area (Å²) in [7, 11) is 2.10. The van der Waals surface area contributed by atoms with E-state index in [0.29, 0.717) is 40.9 Å². The normalized spacial score (nSPS) is 16.9. The first-order valence-electron chi connectivity index (χ1n) is 8.92. The van der Waals surface area contributed by atoms with Crippen molar-refractivity contribution in [1.82, 2.24) is 19.9 Å². The minimum atomic E-state index is -0.325. The van der Waals surface area contributed by atoms with Crippen LogP contribution in [0.3, 0.4) is 0 Å². The van der Waals surface area contributed by atoms with Crippen LogP contribution in [0.4, 0.5) is 4.39 Å². The zero-order valence-electron chi connectivity index (χ0n) is 15.0. The van der Waals surface area contributed by atoms with Crippen LogP contribution in [0.5, 0.6) is 5.88 Å². The molecule has 1 fully saturated rings. The standard InChI is InChI=1S/C21H19FN4O/c1-26-12-4-7-17(26)14-27-21-19(10-9-15-5-2-6-16(22)13-15)24-20-18(25-21)8-3-11-23-20/h2-3,5-6,8,11,13,17H,4,7,12,14H2,1H3/t17-/m0/s1. The van der Waals surface area contributed by atoms with Crippen molar-refractivity contribution < 1.29 is 9.13 Å². The number of rotatable bonds is 3. The Labute approximate surface area is 157 Å². The maximum atomic E-state index is 13.4. The number of hydrogen-bond donors (Lipinski definition) is 0. The number of hydrogen-bond acceptors (Lipinski definition) is 5. The molecule has 4 rings (SSSR count). The molecular formula is C21H19FN4O. The van der Waals surface area contributed by atoms with Crippen LogP contribution in [0, 0.1) is 17.7 Å². The number of likely N-dealkylation sites (tertiary alicyclic amines) is 1. The largest absolute Gasteiger partial charge is 0.474 e. The summed E-state index contributed by atoms with van der Waals surface area (Å²) in [6, 6.07) is 10.2. The third-order valence-corrected chi connectivity index (χ3v) is 4.64. The van der Waals surface area contributed by atoms with Crippen molar-refractivity contribution in [2.24, 2.45) is 0 Å². The van der Waals surface area contributed by atoms with Crippen molar-refractivity contribution in [3.8, 4) is 17.7 Å². The van der Waals surface area contributed by atoms with Gasteiger partial charge in [0.15, 0.2) is 11.3 Å². The quantitative estimate of drug-likeness (QED) is 0.671. The molecule has 0 radical (unpaired) electrons. The highest BCUT2D eigenvalue weighted by atomic mass is 19.1. The van der Waals surface area contributed by atoms with E-state index in [4.69, 9.17) is 4.74 Å². The molecular weight excluding hydrogens is 343 g/mol. The highest BCUT2D eigenvalue weighted by Crippen LogP contribution is 2.20. The van der Waals surface area contributed by atoms with E-state index >= 15 is 0 Å². The maximum Gasteiger partial charge on any atom is 0.249 e. The summed E-state index contributed by atoms with van der Waals surface area (Å²) in [6.07, 6.45) is 3.93. The summed E-state index contributed by atoms with van der Waals surface area (Å²) < 4.78 is 19.4. The van der Waals surface area contributed by atoms with Crippen molar-refractivity contribution in [2.45, 2.75) is 18.9 Å². The molecule has 1 aliphatic heterocycles. The van der Waals surface area contributed by atoms with E-state index in [1.807, 2.05) is 12.1 Å². The zero-order valence-corrected chi connectivity index (χ0v) is 15.0. The van der Waals surface area contributed by atoms with E-state index in [0.717, 1.165) is 13.0 Å². The lowest BCUT2D eigenvalue weighted by molar-refractivity contribution is 0.193. The van der Waals surface area contributed by atoms with Crippen LogP contribution in [-0.2, 0) is 0 Å². The van der Waals surface area contributed by atoms with Crippen LogP contribution in [0.2, 0.25) is 0 Å². The summed E-state index contributed by atoms with van der Waals surface area (Å²) in [5.41, 5.74) is 2.14. The van der Waals surface area contributed by atoms with Gasteiger partial charge in [-0.05, 0) is 62.7 Å². The van der Waals surface area contributed by atoms with Gasteiger partial charge >= 0.3 is 0 Å². The lowest BCUT2D eigenvalue weighted by atomic mass is 10.2. The number of ether oxygens (including phenoxy) is 1. The molecule has 1 aliphatic rings. The van der Waals surface area contributed by atoms with Gasteiger partial charge in [-0.15, -0.1) is 0 Å². The van der Waals surface area contributed by atoms with Gasteiger partial charge in [0.25, 0.3) is 0 Å². The smallest absolute Gasteiger partial charge is 0.249 e. The van der Waals surface area contributed by atoms with Crippen LogP contribution in [0.1, 0.15) is 24.1 Å². The fraction of sp³-hybridized carbons (Fsp3) is 0.286. The van der Waals surface area contributed by atoms with Crippen LogP contribution in [0.15, 0.2) is 42.6 Å². The number of halogens is 1. The lowest BCUT2D eigenvalue weighted by Crippen LogP contribution is -2.30. The van der Waals surface area contributed by atoms with Crippen LogP contribution in [0.25, 0.3) is 11.2 Å². The van der Waals surface area contributed by atoms with Gasteiger partial charge < -0.3 is 9.64 Å². The monoisotopic (exact) mass is 362 g/mol. The molecule has 0 aliphatic carbocycles. The molecule has 3 heterocycles. The highest BCUT2D eigenvalue weighted by molar-refractivity contribution is 5.71. The summed E-state index contributed by atoms with van der Waals surface area (Å²) in [5.74, 6) is 5.96. The van der Waals surface area contributed by atoms with Gasteiger partial charge in [0.2, 0.25) is 5.88 Å². The van der Waals surface area contributed by atoms with E-state index in [-0.39, 0.29) is 5.82 Å². The second-order valence-electron chi connectivity index (χ2n) is 6.57. The fourth-order valence-electron chi connectivity index (χ4n) is 3.12. The molecule has 0 amide bonds. The number of aromatic nitrogens is 3. The first-order chi connectivity index (χ1) is 13.2. The van der Waals surface area contributed by atoms with Crippen molar-refractivity contribution in [2.75, 3.05) is 20.2 Å². The molecule has 0 unspecified atom stereocenters. The van der Waals surface area contributed by atoms with Gasteiger partial charge in [0.1, 0.15) is 17.9 Å². The predicted molar refractivity (Wildman–Crippen MR) is 101 cm³/mol. The van der Waals surface area contributed by atoms with Gasteiger partial charge in [0.05, 0.1) is 0 Å². The Kier molecular flexibility index (Phi) is 4.95. The third-order valence-electron chi connectivity index (χ3n) is 4.64. The molecule has 0 spiro atoms. The zero-order chi connectivity index (χ0) is 18.6. The van der Waals surface area contributed by atoms with Crippen molar-refractivity contribution >= 4 is 11.2 Å². The highest BCUT2D eigenvalue weighted by Gasteiger charge is 2.22. The maximum absolute atomic E-state index is 13.4. The van der Waals surface area contributed by atoms with Gasteiger partial charge in [0, 0.05) is 17.8 Å². The van der Waals surface area contributed by atoms with E-state index in [1.165, 1.54) is 18.6 Å². The minimum absolute atomic E-state index is 0.325. The van der Waals surface area contributed by atoms with Crippen molar-refractivity contribution in [1.29, 1.82) is 0 Å². The third kappa shape index (κ3) is 4.04. The van der Waals surface area contributed by atoms with Crippen LogP contribution < -0.4 is 4.74 Å². The number of fused-ring (bicyclic) bond motifs is 1. The molecule has 5 nitrogen and oxygen atoms in total. The van der Waals surface area contributed by atoms with E-state index in [2.05, 4.69) is 38.7 Å². The molecule has 1 atom stereocenters. The van der Waals surface area contributed by atoms with Crippen LogP contribution in [-0.4, -0.2) is 46.1 Å². The first-order valence-corrected chi connectivity index (χ1v) is 8.92. The molecule has 1 saturated heterocycles. The number of pyridine rings is 1. The predicted octanol–water partition coefficient (Wildman–Crippen LogP) is 3.04. The Morgan fingerprint density at radius 2 is 2.15 bits per heavy atom. The average molecular weight is 362 g/mol. The summed E-state index contributed by atoms with van der Waals surface area (Å²) in [4.78, 5) is 15.6. The molecule has 6 heteroatoms. The summed E-state index contributed by atoms with van der Waals surface area (Å²) >= 11 is 0. The number of likely N-dealkylation sites (N-methyl/N-ethyl adjacent to an activating group) is 1. The van der Waals surface area contributed by atoms with Crippen LogP contribution >= 0.6 is 0 Å². The molecule has 3 aromatic rings. The summed E-state index contributed by atoms with van der Waals surface area (Å²) in [6.45, 7) is 1.61. The Hall–Kier alpha value is -3.04. The first kappa shape index (κ1) is 17.4. The molecule has 0 N–H and O–H groups in total. The fourth-order valence-corrected chi connectivity index (χ4v) is 3.12. The summed E-state index contributed by atoms with van der Waals surface area (Å²) in [5, 5.41) is 0. The second kappa shape index (κ2) is 7.68. The molecule has 2 aromatic heterocycles. The molecule has 1 aromatic carbocycles. The number of nitrogens with zero attached hydrogens (tertiary/aromatic N) is 4. The molecule has 0 saturated carbocycles. The Morgan fingerprint density at radius 1 is 1.22 bits per heavy atom.